The molecule has 2 fully saturated rings. The molecule has 7 heteroatoms. The Morgan fingerprint density at radius 2 is 2.43 bits per heavy atom. The zero-order valence-electron chi connectivity index (χ0n) is 11.9. The van der Waals surface area contributed by atoms with Crippen molar-refractivity contribution in [3.63, 3.8) is 0 Å². The topological polar surface area (TPSA) is 54.5 Å². The molecule has 1 amide bonds. The van der Waals surface area contributed by atoms with Crippen LogP contribution in [0.4, 0.5) is 0 Å². The molecule has 0 bridgehead atoms. The minimum Gasteiger partial charge on any atom is -0.378 e. The number of nitrogens with one attached hydrogen (secondary N) is 1. The van der Waals surface area contributed by atoms with Crippen LogP contribution in [0.1, 0.15) is 23.5 Å². The first-order valence-corrected chi connectivity index (χ1v) is 8.79. The largest absolute Gasteiger partial charge is 0.378 e. The Kier molecular flexibility index (Phi) is 5.11. The number of aromatic nitrogens is 1. The number of ether oxygens (including phenoxy) is 1. The molecule has 5 nitrogen and oxygen atoms in total. The van der Waals surface area contributed by atoms with Crippen LogP contribution in [0.15, 0.2) is 5.38 Å². The van der Waals surface area contributed by atoms with E-state index in [9.17, 15) is 4.79 Å². The van der Waals surface area contributed by atoms with Gasteiger partial charge in [0.25, 0.3) is 0 Å². The third-order valence-electron chi connectivity index (χ3n) is 3.81. The van der Waals surface area contributed by atoms with Crippen molar-refractivity contribution in [1.82, 2.24) is 15.2 Å². The summed E-state index contributed by atoms with van der Waals surface area (Å²) < 4.78 is 5.48. The van der Waals surface area contributed by atoms with Gasteiger partial charge >= 0.3 is 0 Å². The molecule has 1 saturated carbocycles. The van der Waals surface area contributed by atoms with Gasteiger partial charge in [0.15, 0.2) is 0 Å². The summed E-state index contributed by atoms with van der Waals surface area (Å²) in [6.45, 7) is 2.82. The lowest BCUT2D eigenvalue weighted by Crippen LogP contribution is -2.54. The molecule has 1 aromatic heterocycles. The fraction of sp³-hybridized carbons (Fsp3) is 0.714. The number of carbonyl (C=O) groups is 1. The van der Waals surface area contributed by atoms with Gasteiger partial charge in [-0.05, 0) is 12.8 Å². The highest BCUT2D eigenvalue weighted by Crippen LogP contribution is 2.20. The van der Waals surface area contributed by atoms with E-state index in [-0.39, 0.29) is 11.9 Å². The minimum atomic E-state index is -0.160. The van der Waals surface area contributed by atoms with Crippen molar-refractivity contribution in [2.24, 2.45) is 0 Å². The lowest BCUT2D eigenvalue weighted by Gasteiger charge is -2.34. The molecule has 1 N–H and O–H groups in total. The molecular weight excluding hydrogens is 310 g/mol. The van der Waals surface area contributed by atoms with Crippen molar-refractivity contribution in [2.45, 2.75) is 37.2 Å². The Balaban J connectivity index is 1.54. The van der Waals surface area contributed by atoms with Gasteiger partial charge in [-0.15, -0.1) is 22.9 Å². The molecule has 1 unspecified atom stereocenters. The monoisotopic (exact) mass is 329 g/mol. The normalized spacial score (nSPS) is 23.2. The Morgan fingerprint density at radius 3 is 3.14 bits per heavy atom. The van der Waals surface area contributed by atoms with Crippen LogP contribution >= 0.6 is 22.9 Å². The first kappa shape index (κ1) is 15.2. The van der Waals surface area contributed by atoms with Crippen molar-refractivity contribution < 1.29 is 9.53 Å². The lowest BCUT2D eigenvalue weighted by atomic mass is 10.2. The van der Waals surface area contributed by atoms with Gasteiger partial charge in [0.2, 0.25) is 5.91 Å². The molecule has 2 heterocycles. The molecule has 1 atom stereocenters. The van der Waals surface area contributed by atoms with Crippen molar-refractivity contribution in [3.05, 3.63) is 16.1 Å². The number of halogens is 1. The number of amides is 1. The van der Waals surface area contributed by atoms with Crippen molar-refractivity contribution in [2.75, 3.05) is 26.3 Å². The Morgan fingerprint density at radius 1 is 1.57 bits per heavy atom. The van der Waals surface area contributed by atoms with E-state index in [1.54, 1.807) is 11.3 Å². The smallest absolute Gasteiger partial charge is 0.239 e. The van der Waals surface area contributed by atoms with Gasteiger partial charge in [-0.2, -0.15) is 0 Å². The maximum absolute atomic E-state index is 12.3. The van der Waals surface area contributed by atoms with Gasteiger partial charge in [-0.25, -0.2) is 4.98 Å². The summed E-state index contributed by atoms with van der Waals surface area (Å²) in [5.74, 6) is 0.568. The Hall–Kier alpha value is -0.690. The number of morpholine rings is 1. The van der Waals surface area contributed by atoms with Gasteiger partial charge in [-0.3, -0.25) is 9.69 Å². The predicted octanol–water partition coefficient (Wildman–Crippen LogP) is 1.40. The standard InChI is InChI=1S/C14H20ClN3O2S/c15-7-11-9-21-13(16-11)3-4-18-5-6-20-8-12(18)14(19)17-10-1-2-10/h9-10,12H,1-8H2,(H,17,19). The van der Waals surface area contributed by atoms with E-state index in [1.165, 1.54) is 0 Å². The van der Waals surface area contributed by atoms with Crippen LogP contribution in [0.2, 0.25) is 0 Å². The first-order valence-electron chi connectivity index (χ1n) is 7.37. The van der Waals surface area contributed by atoms with Gasteiger partial charge in [0.1, 0.15) is 6.04 Å². The number of hydrogen-bond acceptors (Lipinski definition) is 5. The van der Waals surface area contributed by atoms with Crippen LogP contribution in [0.5, 0.6) is 0 Å². The highest BCUT2D eigenvalue weighted by molar-refractivity contribution is 7.09. The highest BCUT2D eigenvalue weighted by Gasteiger charge is 2.32. The van der Waals surface area contributed by atoms with Crippen LogP contribution in [0, 0.1) is 0 Å². The number of rotatable bonds is 6. The van der Waals surface area contributed by atoms with E-state index < -0.39 is 0 Å². The molecule has 1 aliphatic carbocycles. The molecule has 2 aliphatic rings. The zero-order valence-corrected chi connectivity index (χ0v) is 13.5. The van der Waals surface area contributed by atoms with Crippen LogP contribution in [0.3, 0.4) is 0 Å². The van der Waals surface area contributed by atoms with E-state index >= 15 is 0 Å². The predicted molar refractivity (Wildman–Crippen MR) is 82.7 cm³/mol. The van der Waals surface area contributed by atoms with Gasteiger partial charge in [-0.1, -0.05) is 0 Å². The quantitative estimate of drug-likeness (QED) is 0.802. The summed E-state index contributed by atoms with van der Waals surface area (Å²) in [7, 11) is 0. The number of thiazole rings is 1. The van der Waals surface area contributed by atoms with Gasteiger partial charge in [0, 0.05) is 30.9 Å². The molecule has 1 aliphatic heterocycles. The van der Waals surface area contributed by atoms with E-state index in [0.29, 0.717) is 25.1 Å². The van der Waals surface area contributed by atoms with Gasteiger partial charge < -0.3 is 10.1 Å². The van der Waals surface area contributed by atoms with E-state index in [0.717, 1.165) is 43.1 Å². The second-order valence-electron chi connectivity index (χ2n) is 5.53. The molecule has 0 radical (unpaired) electrons. The van der Waals surface area contributed by atoms with Crippen molar-refractivity contribution in [1.29, 1.82) is 0 Å². The first-order chi connectivity index (χ1) is 10.3. The second-order valence-corrected chi connectivity index (χ2v) is 6.74. The third kappa shape index (κ3) is 4.16. The maximum Gasteiger partial charge on any atom is 0.239 e. The Bertz CT molecular complexity index is 492. The van der Waals surface area contributed by atoms with E-state index in [2.05, 4.69) is 15.2 Å². The van der Waals surface area contributed by atoms with E-state index in [4.69, 9.17) is 16.3 Å². The fourth-order valence-corrected chi connectivity index (χ4v) is 3.45. The average molecular weight is 330 g/mol. The average Bonchev–Trinajstić information content (AvgIpc) is 3.20. The maximum atomic E-state index is 12.3. The fourth-order valence-electron chi connectivity index (χ4n) is 2.44. The zero-order chi connectivity index (χ0) is 14.7. The minimum absolute atomic E-state index is 0.109. The molecule has 116 valence electrons. The van der Waals surface area contributed by atoms with Crippen LogP contribution in [-0.2, 0) is 21.8 Å². The number of carbonyl (C=O) groups excluding carboxylic acids is 1. The highest BCUT2D eigenvalue weighted by atomic mass is 35.5. The van der Waals surface area contributed by atoms with Crippen LogP contribution in [0.25, 0.3) is 0 Å². The van der Waals surface area contributed by atoms with Crippen molar-refractivity contribution in [3.8, 4) is 0 Å². The SMILES string of the molecule is O=C(NC1CC1)C1COCCN1CCc1nc(CCl)cs1. The molecule has 3 rings (SSSR count). The summed E-state index contributed by atoms with van der Waals surface area (Å²) in [5, 5.41) is 6.15. The van der Waals surface area contributed by atoms with Gasteiger partial charge in [0.05, 0.1) is 29.8 Å². The summed E-state index contributed by atoms with van der Waals surface area (Å²) in [5.41, 5.74) is 0.932. The second kappa shape index (κ2) is 7.05. The molecule has 0 spiro atoms. The van der Waals surface area contributed by atoms with E-state index in [1.807, 2.05) is 5.38 Å². The third-order valence-corrected chi connectivity index (χ3v) is 5.05. The Labute approximate surface area is 133 Å². The number of alkyl halides is 1. The summed E-state index contributed by atoms with van der Waals surface area (Å²) in [6.07, 6.45) is 3.08. The number of hydrogen-bond donors (Lipinski definition) is 1. The summed E-state index contributed by atoms with van der Waals surface area (Å²) >= 11 is 7.41. The summed E-state index contributed by atoms with van der Waals surface area (Å²) in [6, 6.07) is 0.235. The molecule has 21 heavy (non-hydrogen) atoms. The summed E-state index contributed by atoms with van der Waals surface area (Å²) in [4.78, 5) is 18.9. The van der Waals surface area contributed by atoms with Crippen molar-refractivity contribution >= 4 is 28.8 Å². The molecular formula is C14H20ClN3O2S. The molecule has 1 saturated heterocycles. The van der Waals surface area contributed by atoms with Crippen LogP contribution < -0.4 is 5.32 Å². The number of nitrogens with zero attached hydrogens (tertiary/aromatic N) is 2. The lowest BCUT2D eigenvalue weighted by molar-refractivity contribution is -0.132. The molecule has 0 aromatic carbocycles. The van der Waals surface area contributed by atoms with Crippen LogP contribution in [-0.4, -0.2) is 54.2 Å². The molecule has 1 aromatic rings.